The van der Waals surface area contributed by atoms with Crippen molar-refractivity contribution in [1.82, 2.24) is 0 Å². The van der Waals surface area contributed by atoms with Crippen molar-refractivity contribution in [1.29, 1.82) is 0 Å². The van der Waals surface area contributed by atoms with Crippen LogP contribution in [0.5, 0.6) is 0 Å². The van der Waals surface area contributed by atoms with Crippen LogP contribution in [0.4, 0.5) is 0 Å². The van der Waals surface area contributed by atoms with E-state index in [2.05, 4.69) is 6.08 Å². The van der Waals surface area contributed by atoms with Gasteiger partial charge in [-0.3, -0.25) is 0 Å². The Morgan fingerprint density at radius 3 is 2.62 bits per heavy atom. The van der Waals surface area contributed by atoms with E-state index < -0.39 is 0 Å². The highest BCUT2D eigenvalue weighted by Crippen LogP contribution is 2.25. The second-order valence-electron chi connectivity index (χ2n) is 3.69. The summed E-state index contributed by atoms with van der Waals surface area (Å²) in [6.07, 6.45) is 11.5. The Labute approximate surface area is 102 Å². The third kappa shape index (κ3) is 2.90. The third-order valence-electron chi connectivity index (χ3n) is 2.38. The number of hydrogen-bond donors (Lipinski definition) is 1. The first kappa shape index (κ1) is 12.9. The van der Waals surface area contributed by atoms with Gasteiger partial charge >= 0.3 is 0 Å². The monoisotopic (exact) mass is 241 g/mol. The van der Waals surface area contributed by atoms with Crippen LogP contribution in [0.3, 0.4) is 0 Å². The Hall–Kier alpha value is -1.19. The first-order valence-electron chi connectivity index (χ1n) is 5.12. The molecule has 3 nitrogen and oxygen atoms in total. The molecule has 2 N–H and O–H groups in total. The summed E-state index contributed by atoms with van der Waals surface area (Å²) in [5.41, 5.74) is 6.83. The van der Waals surface area contributed by atoms with Crippen LogP contribution in [-0.4, -0.2) is 6.04 Å². The lowest BCUT2D eigenvalue weighted by molar-refractivity contribution is 0.219. The van der Waals surface area contributed by atoms with E-state index in [-0.39, 0.29) is 18.4 Å². The molecule has 0 aromatic heterocycles. The molecule has 16 heavy (non-hydrogen) atoms. The van der Waals surface area contributed by atoms with Crippen molar-refractivity contribution in [2.75, 3.05) is 0 Å². The zero-order chi connectivity index (χ0) is 10.7. The number of nitrogens with two attached hydrogens (primary N) is 1. The van der Waals surface area contributed by atoms with Crippen molar-refractivity contribution >= 4 is 12.4 Å². The van der Waals surface area contributed by atoms with Gasteiger partial charge in [0.25, 0.3) is 0 Å². The van der Waals surface area contributed by atoms with E-state index in [1.165, 1.54) is 0 Å². The van der Waals surface area contributed by atoms with Crippen LogP contribution in [0.25, 0.3) is 0 Å². The molecule has 0 unspecified atom stereocenters. The minimum Gasteiger partial charge on any atom is -0.461 e. The van der Waals surface area contributed by atoms with Crippen LogP contribution in [0.1, 0.15) is 19.8 Å². The molecule has 0 fully saturated rings. The molecule has 0 saturated carbocycles. The van der Waals surface area contributed by atoms with Gasteiger partial charge in [0.05, 0.1) is 6.04 Å². The molecule has 1 atom stereocenters. The fraction of sp³-hybridized carbons (Fsp3) is 0.333. The van der Waals surface area contributed by atoms with Crippen LogP contribution in [0.2, 0.25) is 0 Å². The van der Waals surface area contributed by atoms with Gasteiger partial charge in [-0.2, -0.15) is 0 Å². The van der Waals surface area contributed by atoms with Gasteiger partial charge in [-0.05, 0) is 25.3 Å². The maximum absolute atomic E-state index is 5.66. The average Bonchev–Trinajstić information content (AvgIpc) is 2.30. The second-order valence-corrected chi connectivity index (χ2v) is 3.69. The molecule has 0 saturated heterocycles. The summed E-state index contributed by atoms with van der Waals surface area (Å²) in [5, 5.41) is 0. The Balaban J connectivity index is 0.00000128. The molecule has 0 amide bonds. The fourth-order valence-corrected chi connectivity index (χ4v) is 1.47. The van der Waals surface area contributed by atoms with Gasteiger partial charge in [-0.1, -0.05) is 18.2 Å². The van der Waals surface area contributed by atoms with E-state index in [0.29, 0.717) is 5.76 Å². The highest BCUT2D eigenvalue weighted by molar-refractivity contribution is 5.85. The smallest absolute Gasteiger partial charge is 0.164 e. The largest absolute Gasteiger partial charge is 0.461 e. The van der Waals surface area contributed by atoms with Crippen LogP contribution >= 0.6 is 12.4 Å². The molecular weight excluding hydrogens is 226 g/mol. The Kier molecular flexibility index (Phi) is 4.65. The van der Waals surface area contributed by atoms with E-state index in [1.54, 1.807) is 12.5 Å². The summed E-state index contributed by atoms with van der Waals surface area (Å²) in [7, 11) is 0. The van der Waals surface area contributed by atoms with Crippen molar-refractivity contribution in [2.24, 2.45) is 5.73 Å². The normalized spacial score (nSPS) is 20.5. The first-order chi connectivity index (χ1) is 7.27. The van der Waals surface area contributed by atoms with E-state index in [9.17, 15) is 0 Å². The second kappa shape index (κ2) is 5.77. The quantitative estimate of drug-likeness (QED) is 0.809. The van der Waals surface area contributed by atoms with E-state index >= 15 is 0 Å². The molecule has 0 aromatic rings. The SMILES string of the molecule is C[C@@H](N)C1=COC(C2=CC=CCC2)=CO1.Cl. The lowest BCUT2D eigenvalue weighted by Gasteiger charge is -2.19. The maximum atomic E-state index is 5.66. The van der Waals surface area contributed by atoms with Crippen molar-refractivity contribution in [2.45, 2.75) is 25.8 Å². The molecule has 2 rings (SSSR count). The summed E-state index contributed by atoms with van der Waals surface area (Å²) < 4.78 is 10.9. The average molecular weight is 242 g/mol. The predicted octanol–water partition coefficient (Wildman–Crippen LogP) is 2.76. The minimum absolute atomic E-state index is 0. The molecule has 0 radical (unpaired) electrons. The molecule has 1 aliphatic heterocycles. The molecule has 0 bridgehead atoms. The van der Waals surface area contributed by atoms with Crippen LogP contribution in [-0.2, 0) is 9.47 Å². The van der Waals surface area contributed by atoms with Gasteiger partial charge in [0.15, 0.2) is 11.5 Å². The lowest BCUT2D eigenvalue weighted by Crippen LogP contribution is -2.20. The van der Waals surface area contributed by atoms with Crippen molar-refractivity contribution in [3.63, 3.8) is 0 Å². The molecule has 1 aliphatic carbocycles. The predicted molar refractivity (Wildman–Crippen MR) is 65.7 cm³/mol. The number of allylic oxidation sites excluding steroid dienone is 4. The summed E-state index contributed by atoms with van der Waals surface area (Å²) in [6, 6.07) is -0.136. The highest BCUT2D eigenvalue weighted by Gasteiger charge is 2.15. The zero-order valence-electron chi connectivity index (χ0n) is 9.18. The Morgan fingerprint density at radius 1 is 1.31 bits per heavy atom. The first-order valence-corrected chi connectivity index (χ1v) is 5.12. The number of hydrogen-bond acceptors (Lipinski definition) is 3. The fourth-order valence-electron chi connectivity index (χ4n) is 1.47. The lowest BCUT2D eigenvalue weighted by atomic mass is 10.0. The third-order valence-corrected chi connectivity index (χ3v) is 2.38. The number of ether oxygens (including phenoxy) is 2. The van der Waals surface area contributed by atoms with Crippen LogP contribution in [0, 0.1) is 0 Å². The standard InChI is InChI=1S/C12H15NO2.ClH/c1-9(13)11-7-15-12(8-14-11)10-5-3-2-4-6-10;/h2-3,5,7-9H,4,6,13H2,1H3;1H/t9-;/m1./s1. The Bertz CT molecular complexity index is 367. The molecule has 4 heteroatoms. The Morgan fingerprint density at radius 2 is 2.12 bits per heavy atom. The van der Waals surface area contributed by atoms with Gasteiger partial charge in [-0.15, -0.1) is 12.4 Å². The highest BCUT2D eigenvalue weighted by atomic mass is 35.5. The van der Waals surface area contributed by atoms with Crippen molar-refractivity contribution in [3.8, 4) is 0 Å². The van der Waals surface area contributed by atoms with Gasteiger partial charge < -0.3 is 15.2 Å². The number of halogens is 1. The summed E-state index contributed by atoms with van der Waals surface area (Å²) >= 11 is 0. The van der Waals surface area contributed by atoms with Crippen molar-refractivity contribution < 1.29 is 9.47 Å². The maximum Gasteiger partial charge on any atom is 0.164 e. The zero-order valence-corrected chi connectivity index (χ0v) is 10.00. The number of rotatable bonds is 2. The topological polar surface area (TPSA) is 44.5 Å². The van der Waals surface area contributed by atoms with Gasteiger partial charge in [-0.25, -0.2) is 0 Å². The van der Waals surface area contributed by atoms with E-state index in [4.69, 9.17) is 15.2 Å². The summed E-state index contributed by atoms with van der Waals surface area (Å²) in [4.78, 5) is 0. The van der Waals surface area contributed by atoms with E-state index in [1.807, 2.05) is 19.1 Å². The molecule has 1 heterocycles. The van der Waals surface area contributed by atoms with Gasteiger partial charge in [0.1, 0.15) is 12.5 Å². The minimum atomic E-state index is -0.136. The molecular formula is C12H16ClNO2. The van der Waals surface area contributed by atoms with Gasteiger partial charge in [0, 0.05) is 0 Å². The van der Waals surface area contributed by atoms with E-state index in [0.717, 1.165) is 24.2 Å². The van der Waals surface area contributed by atoms with Crippen LogP contribution in [0.15, 0.2) is 47.8 Å². The van der Waals surface area contributed by atoms with Crippen molar-refractivity contribution in [3.05, 3.63) is 47.8 Å². The molecule has 0 spiro atoms. The molecule has 0 aromatic carbocycles. The molecule has 2 aliphatic rings. The van der Waals surface area contributed by atoms with Crippen LogP contribution < -0.4 is 5.73 Å². The summed E-state index contributed by atoms with van der Waals surface area (Å²) in [5.74, 6) is 1.44. The van der Waals surface area contributed by atoms with Gasteiger partial charge in [0.2, 0.25) is 0 Å². The molecule has 88 valence electrons. The summed E-state index contributed by atoms with van der Waals surface area (Å²) in [6.45, 7) is 1.86.